The highest BCUT2D eigenvalue weighted by Gasteiger charge is 2.14. The van der Waals surface area contributed by atoms with Crippen molar-refractivity contribution in [2.24, 2.45) is 0 Å². The summed E-state index contributed by atoms with van der Waals surface area (Å²) in [5.74, 6) is 0.344. The molecular weight excluding hydrogens is 384 g/mol. The molecule has 1 atom stereocenters. The Morgan fingerprint density at radius 2 is 1.89 bits per heavy atom. The summed E-state index contributed by atoms with van der Waals surface area (Å²) >= 11 is 11.5. The van der Waals surface area contributed by atoms with Crippen molar-refractivity contribution in [3.8, 4) is 5.75 Å². The number of benzene rings is 2. The van der Waals surface area contributed by atoms with Crippen LogP contribution in [0.2, 0.25) is 5.02 Å². The van der Waals surface area contributed by atoms with E-state index in [1.54, 1.807) is 32.2 Å². The van der Waals surface area contributed by atoms with Crippen LogP contribution in [-0.2, 0) is 4.74 Å². The first kappa shape index (κ1) is 21.0. The number of nitrogens with one attached hydrogen (secondary N) is 2. The summed E-state index contributed by atoms with van der Waals surface area (Å²) in [7, 11) is 1.64. The molecule has 27 heavy (non-hydrogen) atoms. The van der Waals surface area contributed by atoms with E-state index in [1.165, 1.54) is 0 Å². The van der Waals surface area contributed by atoms with Gasteiger partial charge in [0.15, 0.2) is 5.11 Å². The summed E-state index contributed by atoms with van der Waals surface area (Å²) in [6.07, 6.45) is 0.850. The van der Waals surface area contributed by atoms with E-state index in [0.717, 1.165) is 17.7 Å². The number of rotatable bonds is 7. The summed E-state index contributed by atoms with van der Waals surface area (Å²) in [5, 5.41) is 7.17. The highest BCUT2D eigenvalue weighted by atomic mass is 35.5. The summed E-state index contributed by atoms with van der Waals surface area (Å²) in [5.41, 5.74) is 2.06. The lowest BCUT2D eigenvalue weighted by Gasteiger charge is -2.20. The molecule has 0 saturated carbocycles. The largest absolute Gasteiger partial charge is 0.497 e. The Hall–Kier alpha value is -2.31. The second-order valence-electron chi connectivity index (χ2n) is 5.75. The Labute approximate surface area is 170 Å². The molecule has 0 aliphatic carbocycles. The van der Waals surface area contributed by atoms with E-state index in [4.69, 9.17) is 33.3 Å². The van der Waals surface area contributed by atoms with Gasteiger partial charge in [0.1, 0.15) is 5.75 Å². The molecule has 0 saturated heterocycles. The molecule has 2 aromatic rings. The number of methoxy groups -OCH3 is 1. The smallest absolute Gasteiger partial charge is 0.339 e. The minimum atomic E-state index is -0.463. The van der Waals surface area contributed by atoms with E-state index in [0.29, 0.717) is 21.4 Å². The van der Waals surface area contributed by atoms with Crippen molar-refractivity contribution in [3.63, 3.8) is 0 Å². The lowest BCUT2D eigenvalue weighted by atomic mass is 10.0. The molecule has 0 amide bonds. The van der Waals surface area contributed by atoms with Crippen LogP contribution in [0.1, 0.15) is 42.2 Å². The van der Waals surface area contributed by atoms with E-state index >= 15 is 0 Å². The Bertz CT molecular complexity index is 796. The van der Waals surface area contributed by atoms with E-state index in [1.807, 2.05) is 24.3 Å². The first-order chi connectivity index (χ1) is 13.0. The number of carbonyl (C=O) groups is 1. The highest BCUT2D eigenvalue weighted by molar-refractivity contribution is 7.80. The number of thiocarbonyl (C=S) groups is 1. The number of esters is 1. The van der Waals surface area contributed by atoms with Crippen LogP contribution in [0.3, 0.4) is 0 Å². The molecular formula is C20H23ClN2O3S. The van der Waals surface area contributed by atoms with Gasteiger partial charge in [-0.2, -0.15) is 0 Å². The molecule has 0 radical (unpaired) electrons. The first-order valence-corrected chi connectivity index (χ1v) is 9.45. The van der Waals surface area contributed by atoms with Crippen molar-refractivity contribution in [2.45, 2.75) is 26.3 Å². The molecule has 0 bridgehead atoms. The Balaban J connectivity index is 2.07. The molecule has 144 valence electrons. The molecule has 0 aromatic heterocycles. The van der Waals surface area contributed by atoms with Gasteiger partial charge in [-0.25, -0.2) is 4.79 Å². The Morgan fingerprint density at radius 1 is 1.19 bits per heavy atom. The van der Waals surface area contributed by atoms with E-state index < -0.39 is 5.97 Å². The average molecular weight is 407 g/mol. The lowest BCUT2D eigenvalue weighted by molar-refractivity contribution is 0.0526. The van der Waals surface area contributed by atoms with E-state index in [-0.39, 0.29) is 12.6 Å². The normalized spacial score (nSPS) is 11.4. The number of carbonyl (C=O) groups excluding carboxylic acids is 1. The van der Waals surface area contributed by atoms with Gasteiger partial charge in [0.2, 0.25) is 0 Å². The maximum absolute atomic E-state index is 12.0. The second-order valence-corrected chi connectivity index (χ2v) is 6.56. The molecule has 2 N–H and O–H groups in total. The quantitative estimate of drug-likeness (QED) is 0.500. The fraction of sp³-hybridized carbons (Fsp3) is 0.300. The van der Waals surface area contributed by atoms with Crippen molar-refractivity contribution in [1.82, 2.24) is 5.32 Å². The molecule has 0 unspecified atom stereocenters. The SMILES string of the molecule is CCOC(=O)c1cc(NC(=S)N[C@@H](CC)c2ccc(OC)cc2)ccc1Cl. The standard InChI is InChI=1S/C20H23ClN2O3S/c1-4-18(13-6-9-15(25-3)10-7-13)23-20(27)22-14-8-11-17(21)16(12-14)19(24)26-5-2/h6-12,18H,4-5H2,1-3H3,(H2,22,23,27)/t18-/m0/s1. The molecule has 0 aliphatic rings. The number of hydrogen-bond acceptors (Lipinski definition) is 4. The number of halogens is 1. The zero-order valence-electron chi connectivity index (χ0n) is 15.5. The van der Waals surface area contributed by atoms with Gasteiger partial charge in [-0.3, -0.25) is 0 Å². The van der Waals surface area contributed by atoms with E-state index in [9.17, 15) is 4.79 Å². The van der Waals surface area contributed by atoms with Crippen LogP contribution in [-0.4, -0.2) is 24.8 Å². The van der Waals surface area contributed by atoms with Crippen LogP contribution in [0.15, 0.2) is 42.5 Å². The summed E-state index contributed by atoms with van der Waals surface area (Å²) < 4.78 is 10.2. The van der Waals surface area contributed by atoms with Crippen molar-refractivity contribution < 1.29 is 14.3 Å². The van der Waals surface area contributed by atoms with Crippen molar-refractivity contribution in [2.75, 3.05) is 19.0 Å². The van der Waals surface area contributed by atoms with Gasteiger partial charge in [0.05, 0.1) is 30.3 Å². The first-order valence-electron chi connectivity index (χ1n) is 8.66. The number of anilines is 1. The molecule has 2 aromatic carbocycles. The predicted octanol–water partition coefficient (Wildman–Crippen LogP) is 4.96. The monoisotopic (exact) mass is 406 g/mol. The molecule has 0 fully saturated rings. The Morgan fingerprint density at radius 3 is 2.48 bits per heavy atom. The molecule has 0 heterocycles. The van der Waals surface area contributed by atoms with Crippen LogP contribution in [0.25, 0.3) is 0 Å². The number of ether oxygens (including phenoxy) is 2. The minimum absolute atomic E-state index is 0.0488. The summed E-state index contributed by atoms with van der Waals surface area (Å²) in [6.45, 7) is 4.11. The highest BCUT2D eigenvalue weighted by Crippen LogP contribution is 2.23. The van der Waals surface area contributed by atoms with E-state index in [2.05, 4.69) is 17.6 Å². The fourth-order valence-electron chi connectivity index (χ4n) is 2.55. The van der Waals surface area contributed by atoms with Gasteiger partial charge >= 0.3 is 5.97 Å². The minimum Gasteiger partial charge on any atom is -0.497 e. The van der Waals surface area contributed by atoms with Crippen LogP contribution >= 0.6 is 23.8 Å². The third-order valence-corrected chi connectivity index (χ3v) is 4.50. The zero-order valence-corrected chi connectivity index (χ0v) is 17.1. The second kappa shape index (κ2) is 10.1. The zero-order chi connectivity index (χ0) is 19.8. The molecule has 0 aliphatic heterocycles. The summed E-state index contributed by atoms with van der Waals surface area (Å²) in [4.78, 5) is 12.0. The van der Waals surface area contributed by atoms with Gasteiger partial charge in [0, 0.05) is 5.69 Å². The van der Waals surface area contributed by atoms with Gasteiger partial charge in [-0.05, 0) is 61.5 Å². The average Bonchev–Trinajstić information content (AvgIpc) is 2.68. The Kier molecular flexibility index (Phi) is 7.88. The molecule has 0 spiro atoms. The maximum Gasteiger partial charge on any atom is 0.339 e. The van der Waals surface area contributed by atoms with Crippen LogP contribution in [0.4, 0.5) is 5.69 Å². The molecule has 7 heteroatoms. The predicted molar refractivity (Wildman–Crippen MR) is 113 cm³/mol. The third kappa shape index (κ3) is 5.84. The third-order valence-electron chi connectivity index (χ3n) is 3.95. The van der Waals surface area contributed by atoms with Crippen LogP contribution in [0.5, 0.6) is 5.75 Å². The fourth-order valence-corrected chi connectivity index (χ4v) is 3.01. The van der Waals surface area contributed by atoms with Gasteiger partial charge in [0.25, 0.3) is 0 Å². The van der Waals surface area contributed by atoms with Crippen molar-refractivity contribution in [1.29, 1.82) is 0 Å². The van der Waals surface area contributed by atoms with Gasteiger partial charge < -0.3 is 20.1 Å². The van der Waals surface area contributed by atoms with Crippen LogP contribution in [0, 0.1) is 0 Å². The van der Waals surface area contributed by atoms with Gasteiger partial charge in [-0.1, -0.05) is 30.7 Å². The van der Waals surface area contributed by atoms with Gasteiger partial charge in [-0.15, -0.1) is 0 Å². The van der Waals surface area contributed by atoms with Crippen molar-refractivity contribution >= 4 is 40.6 Å². The molecule has 2 rings (SSSR count). The maximum atomic E-state index is 12.0. The molecule has 5 nitrogen and oxygen atoms in total. The van der Waals surface area contributed by atoms with Crippen LogP contribution < -0.4 is 15.4 Å². The topological polar surface area (TPSA) is 59.6 Å². The summed E-state index contributed by atoms with van der Waals surface area (Å²) in [6, 6.07) is 12.9. The lowest BCUT2D eigenvalue weighted by Crippen LogP contribution is -2.32. The van der Waals surface area contributed by atoms with Crippen molar-refractivity contribution in [3.05, 3.63) is 58.6 Å². The number of hydrogen-bond donors (Lipinski definition) is 2.